The van der Waals surface area contributed by atoms with Gasteiger partial charge in [-0.25, -0.2) is 4.98 Å². The number of aryl methyl sites for hydroxylation is 2. The van der Waals surface area contributed by atoms with Crippen molar-refractivity contribution in [1.82, 2.24) is 14.9 Å². The molecule has 4 heteroatoms. The first kappa shape index (κ1) is 11.7. The Hall–Kier alpha value is -1.39. The Morgan fingerprint density at radius 1 is 1.50 bits per heavy atom. The number of rotatable bonds is 4. The zero-order chi connectivity index (χ0) is 12.7. The van der Waals surface area contributed by atoms with E-state index >= 15 is 0 Å². The zero-order valence-corrected chi connectivity index (χ0v) is 11.0. The Bertz CT molecular complexity index is 568. The minimum atomic E-state index is 0.0531. The van der Waals surface area contributed by atoms with Crippen LogP contribution in [-0.4, -0.2) is 22.1 Å². The number of benzene rings is 1. The fraction of sp³-hybridized carbons (Fsp3) is 0.500. The van der Waals surface area contributed by atoms with Gasteiger partial charge in [-0.2, -0.15) is 0 Å². The van der Waals surface area contributed by atoms with Crippen molar-refractivity contribution >= 4 is 11.0 Å². The number of hydrogen-bond donors (Lipinski definition) is 2. The average molecular weight is 244 g/mol. The summed E-state index contributed by atoms with van der Waals surface area (Å²) >= 11 is 0. The Balaban J connectivity index is 1.82. The van der Waals surface area contributed by atoms with E-state index < -0.39 is 0 Å². The van der Waals surface area contributed by atoms with Gasteiger partial charge in [-0.15, -0.1) is 0 Å². The fourth-order valence-corrected chi connectivity index (χ4v) is 2.27. The van der Waals surface area contributed by atoms with Gasteiger partial charge in [-0.3, -0.25) is 0 Å². The van der Waals surface area contributed by atoms with Gasteiger partial charge < -0.3 is 15.6 Å². The number of hydrogen-bond acceptors (Lipinski definition) is 3. The van der Waals surface area contributed by atoms with E-state index in [9.17, 15) is 0 Å². The first-order valence-corrected chi connectivity index (χ1v) is 6.57. The SMILES string of the molecule is Cc1nc2cc(C(N)CNC3CC3)ccc2n1C. The molecule has 0 amide bonds. The van der Waals surface area contributed by atoms with Crippen molar-refractivity contribution in [3.63, 3.8) is 0 Å². The first-order valence-electron chi connectivity index (χ1n) is 6.57. The van der Waals surface area contributed by atoms with Crippen molar-refractivity contribution < 1.29 is 0 Å². The van der Waals surface area contributed by atoms with Crippen molar-refractivity contribution in [2.75, 3.05) is 6.54 Å². The van der Waals surface area contributed by atoms with Crippen molar-refractivity contribution in [2.45, 2.75) is 31.8 Å². The topological polar surface area (TPSA) is 55.9 Å². The Morgan fingerprint density at radius 3 is 3.00 bits per heavy atom. The lowest BCUT2D eigenvalue weighted by Crippen LogP contribution is -2.28. The van der Waals surface area contributed by atoms with E-state index in [4.69, 9.17) is 5.73 Å². The highest BCUT2D eigenvalue weighted by Crippen LogP contribution is 2.22. The van der Waals surface area contributed by atoms with Gasteiger partial charge in [0.1, 0.15) is 5.82 Å². The molecular formula is C14H20N4. The number of nitrogens with one attached hydrogen (secondary N) is 1. The van der Waals surface area contributed by atoms with Crippen LogP contribution in [0.4, 0.5) is 0 Å². The molecule has 0 spiro atoms. The minimum absolute atomic E-state index is 0.0531. The van der Waals surface area contributed by atoms with Crippen molar-refractivity contribution in [3.8, 4) is 0 Å². The molecule has 3 N–H and O–H groups in total. The average Bonchev–Trinajstić information content (AvgIpc) is 3.14. The monoisotopic (exact) mass is 244 g/mol. The second-order valence-electron chi connectivity index (χ2n) is 5.26. The van der Waals surface area contributed by atoms with Gasteiger partial charge >= 0.3 is 0 Å². The van der Waals surface area contributed by atoms with E-state index in [0.29, 0.717) is 6.04 Å². The van der Waals surface area contributed by atoms with Crippen LogP contribution in [0.1, 0.15) is 30.3 Å². The molecule has 1 unspecified atom stereocenters. The van der Waals surface area contributed by atoms with E-state index in [2.05, 4.69) is 33.1 Å². The lowest BCUT2D eigenvalue weighted by molar-refractivity contribution is 0.595. The number of imidazole rings is 1. The second-order valence-corrected chi connectivity index (χ2v) is 5.26. The van der Waals surface area contributed by atoms with Gasteiger partial charge in [0.15, 0.2) is 0 Å². The molecule has 0 bridgehead atoms. The molecule has 4 nitrogen and oxygen atoms in total. The third kappa shape index (κ3) is 2.13. The largest absolute Gasteiger partial charge is 0.331 e. The standard InChI is InChI=1S/C14H20N4/c1-9-17-13-7-10(3-6-14(13)18(9)2)12(15)8-16-11-4-5-11/h3,6-7,11-12,16H,4-5,8,15H2,1-2H3. The Labute approximate surface area is 107 Å². The van der Waals surface area contributed by atoms with Crippen molar-refractivity contribution in [2.24, 2.45) is 12.8 Å². The summed E-state index contributed by atoms with van der Waals surface area (Å²) in [7, 11) is 2.04. The molecule has 0 radical (unpaired) electrons. The summed E-state index contributed by atoms with van der Waals surface area (Å²) < 4.78 is 2.10. The molecule has 2 aromatic rings. The van der Waals surface area contributed by atoms with Gasteiger partial charge in [0.2, 0.25) is 0 Å². The third-order valence-electron chi connectivity index (χ3n) is 3.76. The fourth-order valence-electron chi connectivity index (χ4n) is 2.27. The molecule has 1 heterocycles. The number of fused-ring (bicyclic) bond motifs is 1. The quantitative estimate of drug-likeness (QED) is 0.859. The Kier molecular flexibility index (Phi) is 2.84. The molecule has 1 aromatic carbocycles. The highest BCUT2D eigenvalue weighted by molar-refractivity contribution is 5.76. The number of nitrogens with two attached hydrogens (primary N) is 1. The maximum Gasteiger partial charge on any atom is 0.106 e. The van der Waals surface area contributed by atoms with E-state index in [0.717, 1.165) is 23.4 Å². The molecule has 0 aliphatic heterocycles. The second kappa shape index (κ2) is 4.37. The third-order valence-corrected chi connectivity index (χ3v) is 3.76. The predicted octanol–water partition coefficient (Wildman–Crippen LogP) is 1.63. The number of aromatic nitrogens is 2. The van der Waals surface area contributed by atoms with Gasteiger partial charge in [0.05, 0.1) is 11.0 Å². The summed E-state index contributed by atoms with van der Waals surface area (Å²) in [6.45, 7) is 2.87. The van der Waals surface area contributed by atoms with E-state index in [-0.39, 0.29) is 6.04 Å². The molecule has 1 fully saturated rings. The normalized spacial score (nSPS) is 17.3. The van der Waals surface area contributed by atoms with Crippen LogP contribution in [-0.2, 0) is 7.05 Å². The maximum atomic E-state index is 6.21. The van der Waals surface area contributed by atoms with Crippen molar-refractivity contribution in [1.29, 1.82) is 0 Å². The minimum Gasteiger partial charge on any atom is -0.331 e. The summed E-state index contributed by atoms with van der Waals surface area (Å²) in [4.78, 5) is 4.55. The maximum absolute atomic E-state index is 6.21. The van der Waals surface area contributed by atoms with Gasteiger partial charge in [-0.1, -0.05) is 6.07 Å². The van der Waals surface area contributed by atoms with E-state index in [1.165, 1.54) is 18.4 Å². The van der Waals surface area contributed by atoms with Crippen LogP contribution in [0.5, 0.6) is 0 Å². The Morgan fingerprint density at radius 2 is 2.28 bits per heavy atom. The highest BCUT2D eigenvalue weighted by Gasteiger charge is 2.21. The summed E-state index contributed by atoms with van der Waals surface area (Å²) in [6, 6.07) is 7.10. The van der Waals surface area contributed by atoms with Crippen LogP contribution in [0.15, 0.2) is 18.2 Å². The van der Waals surface area contributed by atoms with Gasteiger partial charge in [0.25, 0.3) is 0 Å². The van der Waals surface area contributed by atoms with E-state index in [1.54, 1.807) is 0 Å². The molecule has 1 saturated carbocycles. The summed E-state index contributed by atoms with van der Waals surface area (Å²) in [5, 5.41) is 3.47. The molecule has 1 aliphatic carbocycles. The molecule has 18 heavy (non-hydrogen) atoms. The molecule has 1 aromatic heterocycles. The van der Waals surface area contributed by atoms with Crippen LogP contribution < -0.4 is 11.1 Å². The molecule has 3 rings (SSSR count). The highest BCUT2D eigenvalue weighted by atomic mass is 15.0. The molecule has 0 saturated heterocycles. The van der Waals surface area contributed by atoms with Crippen LogP contribution in [0.2, 0.25) is 0 Å². The van der Waals surface area contributed by atoms with E-state index in [1.807, 2.05) is 14.0 Å². The van der Waals surface area contributed by atoms with Gasteiger partial charge in [-0.05, 0) is 37.5 Å². The van der Waals surface area contributed by atoms with Crippen molar-refractivity contribution in [3.05, 3.63) is 29.6 Å². The number of nitrogens with zero attached hydrogens (tertiary/aromatic N) is 2. The lowest BCUT2D eigenvalue weighted by atomic mass is 10.1. The molecule has 1 atom stereocenters. The molecule has 1 aliphatic rings. The van der Waals surface area contributed by atoms with Crippen LogP contribution in [0.3, 0.4) is 0 Å². The smallest absolute Gasteiger partial charge is 0.106 e. The van der Waals surface area contributed by atoms with Crippen LogP contribution in [0.25, 0.3) is 11.0 Å². The first-order chi connectivity index (χ1) is 8.65. The zero-order valence-electron chi connectivity index (χ0n) is 11.0. The van der Waals surface area contributed by atoms with Crippen LogP contribution >= 0.6 is 0 Å². The summed E-state index contributed by atoms with van der Waals surface area (Å²) in [6.07, 6.45) is 2.59. The van der Waals surface area contributed by atoms with Crippen LogP contribution in [0, 0.1) is 6.92 Å². The summed E-state index contributed by atoms with van der Waals surface area (Å²) in [5.74, 6) is 1.03. The molecule has 96 valence electrons. The molecular weight excluding hydrogens is 224 g/mol. The van der Waals surface area contributed by atoms with Gasteiger partial charge in [0, 0.05) is 25.7 Å². The summed E-state index contributed by atoms with van der Waals surface area (Å²) in [5.41, 5.74) is 9.57. The lowest BCUT2D eigenvalue weighted by Gasteiger charge is -2.12. The predicted molar refractivity (Wildman–Crippen MR) is 73.4 cm³/mol.